The Balaban J connectivity index is 1.66. The van der Waals surface area contributed by atoms with E-state index in [0.717, 1.165) is 59.9 Å². The Hall–Kier alpha value is -3.94. The fourth-order valence-electron chi connectivity index (χ4n) is 5.24. The molecule has 0 unspecified atom stereocenters. The van der Waals surface area contributed by atoms with E-state index in [1.807, 2.05) is 67.6 Å². The summed E-state index contributed by atoms with van der Waals surface area (Å²) in [6.45, 7) is 2.38. The Morgan fingerprint density at radius 1 is 0.778 bits per heavy atom. The van der Waals surface area contributed by atoms with Crippen LogP contribution in [0.1, 0.15) is 33.6 Å². The smallest absolute Gasteiger partial charge is 0.259 e. The minimum absolute atomic E-state index is 0.386. The van der Waals surface area contributed by atoms with Crippen LogP contribution in [-0.2, 0) is 22.6 Å². The third-order valence-corrected chi connectivity index (χ3v) is 7.26. The molecule has 36 heavy (non-hydrogen) atoms. The van der Waals surface area contributed by atoms with Crippen LogP contribution < -0.4 is 11.1 Å². The molecular formula is C29H23BrN4O2. The fourth-order valence-corrected chi connectivity index (χ4v) is 5.60. The number of aromatic amines is 2. The molecule has 1 aliphatic rings. The Labute approximate surface area is 215 Å². The van der Waals surface area contributed by atoms with E-state index in [1.165, 1.54) is 0 Å². The number of benzene rings is 3. The second kappa shape index (κ2) is 8.62. The van der Waals surface area contributed by atoms with E-state index in [1.54, 1.807) is 0 Å². The van der Waals surface area contributed by atoms with Crippen molar-refractivity contribution in [3.8, 4) is 0 Å². The number of carbonyl (C=O) groups excluding carboxylic acids is 2. The summed E-state index contributed by atoms with van der Waals surface area (Å²) in [5.41, 5.74) is 13.8. The van der Waals surface area contributed by atoms with Crippen LogP contribution in [0.5, 0.6) is 0 Å². The number of hydrogen-bond acceptors (Lipinski definition) is 3. The van der Waals surface area contributed by atoms with E-state index in [9.17, 15) is 9.59 Å². The lowest BCUT2D eigenvalue weighted by atomic mass is 9.91. The summed E-state index contributed by atoms with van der Waals surface area (Å²) >= 11 is 3.58. The van der Waals surface area contributed by atoms with Crippen molar-refractivity contribution in [2.24, 2.45) is 5.73 Å². The zero-order chi connectivity index (χ0) is 25.0. The van der Waals surface area contributed by atoms with Crippen molar-refractivity contribution < 1.29 is 9.59 Å². The maximum Gasteiger partial charge on any atom is 0.259 e. The minimum atomic E-state index is -0.391. The molecule has 0 bridgehead atoms. The lowest BCUT2D eigenvalue weighted by molar-refractivity contribution is -0.122. The monoisotopic (exact) mass is 538 g/mol. The highest BCUT2D eigenvalue weighted by atomic mass is 79.9. The molecule has 0 atom stereocenters. The van der Waals surface area contributed by atoms with Crippen LogP contribution in [0.4, 0.5) is 0 Å². The van der Waals surface area contributed by atoms with Gasteiger partial charge in [0.05, 0.1) is 11.1 Å². The SMILES string of the molecule is Cc1[nH]c2ccccc2c1C1=C(c2c(Cc3cccc(CN)c3)[nH]c3ccc(Br)cc23)C(=O)NC1=O. The minimum Gasteiger partial charge on any atom is -0.358 e. The van der Waals surface area contributed by atoms with Gasteiger partial charge in [0, 0.05) is 61.8 Å². The molecular weight excluding hydrogens is 516 g/mol. The summed E-state index contributed by atoms with van der Waals surface area (Å²) in [5, 5.41) is 4.35. The molecule has 0 saturated carbocycles. The van der Waals surface area contributed by atoms with Gasteiger partial charge in [-0.1, -0.05) is 58.4 Å². The molecule has 2 amide bonds. The second-order valence-electron chi connectivity index (χ2n) is 9.07. The molecule has 0 radical (unpaired) electrons. The summed E-state index contributed by atoms with van der Waals surface area (Å²) in [5.74, 6) is -0.777. The van der Waals surface area contributed by atoms with Crippen LogP contribution in [-0.4, -0.2) is 21.8 Å². The summed E-state index contributed by atoms with van der Waals surface area (Å²) in [4.78, 5) is 33.6. The van der Waals surface area contributed by atoms with E-state index in [0.29, 0.717) is 24.1 Å². The van der Waals surface area contributed by atoms with Gasteiger partial charge >= 0.3 is 0 Å². The Bertz CT molecular complexity index is 1740. The second-order valence-corrected chi connectivity index (χ2v) is 9.99. The molecule has 3 heterocycles. The number of aryl methyl sites for hydroxylation is 1. The molecule has 1 aliphatic heterocycles. The number of nitrogens with two attached hydrogens (primary N) is 1. The quantitative estimate of drug-likeness (QED) is 0.227. The van der Waals surface area contributed by atoms with Crippen molar-refractivity contribution in [2.45, 2.75) is 19.9 Å². The predicted molar refractivity (Wildman–Crippen MR) is 146 cm³/mol. The number of halogens is 1. The van der Waals surface area contributed by atoms with Gasteiger partial charge in [-0.15, -0.1) is 0 Å². The normalized spacial score (nSPS) is 13.9. The first-order valence-corrected chi connectivity index (χ1v) is 12.5. The largest absolute Gasteiger partial charge is 0.358 e. The van der Waals surface area contributed by atoms with Gasteiger partial charge in [-0.2, -0.15) is 0 Å². The van der Waals surface area contributed by atoms with E-state index < -0.39 is 5.91 Å². The highest BCUT2D eigenvalue weighted by Crippen LogP contribution is 2.41. The van der Waals surface area contributed by atoms with Crippen molar-refractivity contribution in [2.75, 3.05) is 0 Å². The molecule has 0 saturated heterocycles. The molecule has 0 aliphatic carbocycles. The topological polar surface area (TPSA) is 104 Å². The summed E-state index contributed by atoms with van der Waals surface area (Å²) in [6, 6.07) is 21.9. The fraction of sp³-hybridized carbons (Fsp3) is 0.103. The van der Waals surface area contributed by atoms with Gasteiger partial charge in [0.15, 0.2) is 0 Å². The van der Waals surface area contributed by atoms with Crippen LogP contribution in [0, 0.1) is 6.92 Å². The van der Waals surface area contributed by atoms with E-state index >= 15 is 0 Å². The molecule has 178 valence electrons. The zero-order valence-corrected chi connectivity index (χ0v) is 21.1. The molecule has 0 spiro atoms. The first kappa shape index (κ1) is 22.5. The molecule has 5 aromatic rings. The van der Waals surface area contributed by atoms with Crippen molar-refractivity contribution in [1.29, 1.82) is 0 Å². The van der Waals surface area contributed by atoms with E-state index in [4.69, 9.17) is 5.73 Å². The number of amides is 2. The van der Waals surface area contributed by atoms with Crippen LogP contribution in [0.15, 0.2) is 71.2 Å². The van der Waals surface area contributed by atoms with Gasteiger partial charge in [-0.05, 0) is 42.3 Å². The number of fused-ring (bicyclic) bond motifs is 2. The van der Waals surface area contributed by atoms with Gasteiger partial charge in [0.1, 0.15) is 0 Å². The average molecular weight is 539 g/mol. The standard InChI is InChI=1S/C29H23BrN4O2/c1-15-24(19-7-2-3-8-21(19)32-15)26-27(29(36)34-28(26)35)25-20-13-18(30)9-10-22(20)33-23(25)12-16-5-4-6-17(11-16)14-31/h2-11,13,32-33H,12,14,31H2,1H3,(H,34,35,36). The first-order chi connectivity index (χ1) is 17.4. The number of carbonyl (C=O) groups is 2. The number of imide groups is 1. The molecule has 0 fully saturated rings. The molecule has 6 nitrogen and oxygen atoms in total. The summed E-state index contributed by atoms with van der Waals surface area (Å²) < 4.78 is 0.891. The Morgan fingerprint density at radius 2 is 1.50 bits per heavy atom. The molecule has 3 aromatic carbocycles. The molecule has 5 N–H and O–H groups in total. The Kier molecular flexibility index (Phi) is 5.39. The third kappa shape index (κ3) is 3.59. The first-order valence-electron chi connectivity index (χ1n) is 11.7. The highest BCUT2D eigenvalue weighted by Gasteiger charge is 2.37. The van der Waals surface area contributed by atoms with E-state index in [-0.39, 0.29) is 5.91 Å². The molecule has 7 heteroatoms. The lowest BCUT2D eigenvalue weighted by Crippen LogP contribution is -2.23. The predicted octanol–water partition coefficient (Wildman–Crippen LogP) is 5.34. The lowest BCUT2D eigenvalue weighted by Gasteiger charge is -2.09. The maximum atomic E-state index is 13.4. The van der Waals surface area contributed by atoms with Crippen LogP contribution >= 0.6 is 15.9 Å². The van der Waals surface area contributed by atoms with Crippen molar-refractivity contribution in [1.82, 2.24) is 15.3 Å². The molecule has 6 rings (SSSR count). The number of hydrogen-bond donors (Lipinski definition) is 4. The third-order valence-electron chi connectivity index (χ3n) is 6.77. The Morgan fingerprint density at radius 3 is 2.31 bits per heavy atom. The van der Waals surface area contributed by atoms with Crippen LogP contribution in [0.25, 0.3) is 33.0 Å². The zero-order valence-electron chi connectivity index (χ0n) is 19.5. The van der Waals surface area contributed by atoms with Gasteiger partial charge in [0.2, 0.25) is 0 Å². The van der Waals surface area contributed by atoms with Gasteiger partial charge in [-0.3, -0.25) is 14.9 Å². The number of H-pyrrole nitrogens is 2. The highest BCUT2D eigenvalue weighted by molar-refractivity contribution is 9.10. The van der Waals surface area contributed by atoms with E-state index in [2.05, 4.69) is 37.3 Å². The van der Waals surface area contributed by atoms with Crippen molar-refractivity contribution in [3.05, 3.63) is 105 Å². The van der Waals surface area contributed by atoms with Crippen LogP contribution in [0.2, 0.25) is 0 Å². The maximum absolute atomic E-state index is 13.4. The van der Waals surface area contributed by atoms with Gasteiger partial charge in [0.25, 0.3) is 11.8 Å². The van der Waals surface area contributed by atoms with Crippen molar-refractivity contribution >= 4 is 60.7 Å². The average Bonchev–Trinajstić information content (AvgIpc) is 3.47. The number of nitrogens with one attached hydrogen (secondary N) is 3. The van der Waals surface area contributed by atoms with Gasteiger partial charge < -0.3 is 15.7 Å². The number of para-hydroxylation sites is 1. The molecule has 2 aromatic heterocycles. The number of rotatable bonds is 5. The number of aromatic nitrogens is 2. The summed E-state index contributed by atoms with van der Waals surface area (Å²) in [6.07, 6.45) is 0.556. The van der Waals surface area contributed by atoms with Crippen LogP contribution in [0.3, 0.4) is 0 Å². The van der Waals surface area contributed by atoms with Crippen molar-refractivity contribution in [3.63, 3.8) is 0 Å². The summed E-state index contributed by atoms with van der Waals surface area (Å²) in [7, 11) is 0. The van der Waals surface area contributed by atoms with Gasteiger partial charge in [-0.25, -0.2) is 0 Å².